The first kappa shape index (κ1) is 12.6. The molecule has 0 spiro atoms. The van der Waals surface area contributed by atoms with Crippen molar-refractivity contribution >= 4 is 11.6 Å². The van der Waals surface area contributed by atoms with E-state index in [1.807, 2.05) is 6.92 Å². The number of rotatable bonds is 3. The summed E-state index contributed by atoms with van der Waals surface area (Å²) in [6.45, 7) is 2.47. The SMILES string of the molecule is CCOc1ccc(Cl)cc1-c1ccc(=O)n(C)n1. The van der Waals surface area contributed by atoms with Crippen molar-refractivity contribution < 1.29 is 4.74 Å². The first-order valence-corrected chi connectivity index (χ1v) is 5.96. The number of ether oxygens (including phenoxy) is 1. The fraction of sp³-hybridized carbons (Fsp3) is 0.231. The van der Waals surface area contributed by atoms with Crippen molar-refractivity contribution in [1.29, 1.82) is 0 Å². The Hall–Kier alpha value is -1.81. The van der Waals surface area contributed by atoms with Crippen LogP contribution in [0.5, 0.6) is 5.75 Å². The van der Waals surface area contributed by atoms with Crippen LogP contribution in [0.15, 0.2) is 35.1 Å². The van der Waals surface area contributed by atoms with Crippen LogP contribution in [0.4, 0.5) is 0 Å². The maximum absolute atomic E-state index is 11.3. The monoisotopic (exact) mass is 264 g/mol. The zero-order valence-corrected chi connectivity index (χ0v) is 10.9. The molecule has 0 saturated carbocycles. The number of hydrogen-bond acceptors (Lipinski definition) is 3. The summed E-state index contributed by atoms with van der Waals surface area (Å²) in [5.74, 6) is 0.702. The van der Waals surface area contributed by atoms with Gasteiger partial charge < -0.3 is 4.74 Å². The van der Waals surface area contributed by atoms with Gasteiger partial charge in [0.15, 0.2) is 0 Å². The molecule has 0 aliphatic heterocycles. The molecule has 0 aliphatic carbocycles. The van der Waals surface area contributed by atoms with Gasteiger partial charge in [-0.3, -0.25) is 4.79 Å². The van der Waals surface area contributed by atoms with Gasteiger partial charge in [0, 0.05) is 23.7 Å². The Bertz CT molecular complexity index is 623. The topological polar surface area (TPSA) is 44.1 Å². The Balaban J connectivity index is 2.57. The third-order valence-corrected chi connectivity index (χ3v) is 2.71. The molecule has 1 aromatic carbocycles. The van der Waals surface area contributed by atoms with Crippen LogP contribution in [0.25, 0.3) is 11.3 Å². The number of benzene rings is 1. The molecular formula is C13H13ClN2O2. The van der Waals surface area contributed by atoms with Gasteiger partial charge in [-0.15, -0.1) is 0 Å². The molecule has 1 heterocycles. The molecule has 0 unspecified atom stereocenters. The number of nitrogens with zero attached hydrogens (tertiary/aromatic N) is 2. The smallest absolute Gasteiger partial charge is 0.266 e. The van der Waals surface area contributed by atoms with E-state index in [2.05, 4.69) is 5.10 Å². The molecule has 0 radical (unpaired) electrons. The van der Waals surface area contributed by atoms with E-state index < -0.39 is 0 Å². The van der Waals surface area contributed by atoms with Crippen LogP contribution in [0, 0.1) is 0 Å². The van der Waals surface area contributed by atoms with Gasteiger partial charge in [-0.2, -0.15) is 5.10 Å². The predicted octanol–water partition coefficient (Wildman–Crippen LogP) is 2.50. The Kier molecular flexibility index (Phi) is 3.67. The van der Waals surface area contributed by atoms with E-state index in [-0.39, 0.29) is 5.56 Å². The zero-order chi connectivity index (χ0) is 13.1. The summed E-state index contributed by atoms with van der Waals surface area (Å²) in [6.07, 6.45) is 0. The molecule has 0 bridgehead atoms. The summed E-state index contributed by atoms with van der Waals surface area (Å²) in [5.41, 5.74) is 1.28. The van der Waals surface area contributed by atoms with Crippen LogP contribution in [-0.2, 0) is 7.05 Å². The van der Waals surface area contributed by atoms with Crippen molar-refractivity contribution in [2.75, 3.05) is 6.61 Å². The van der Waals surface area contributed by atoms with E-state index in [0.29, 0.717) is 23.1 Å². The van der Waals surface area contributed by atoms with E-state index in [1.165, 1.54) is 10.7 Å². The molecule has 2 aromatic rings. The predicted molar refractivity (Wildman–Crippen MR) is 71.1 cm³/mol. The van der Waals surface area contributed by atoms with Crippen molar-refractivity contribution in [3.63, 3.8) is 0 Å². The van der Waals surface area contributed by atoms with Crippen LogP contribution in [0.1, 0.15) is 6.92 Å². The standard InChI is InChI=1S/C13H13ClN2O2/c1-3-18-12-6-4-9(14)8-10(12)11-5-7-13(17)16(2)15-11/h4-8H,3H2,1-2H3. The molecule has 0 amide bonds. The van der Waals surface area contributed by atoms with E-state index >= 15 is 0 Å². The van der Waals surface area contributed by atoms with Crippen molar-refractivity contribution in [2.45, 2.75) is 6.92 Å². The van der Waals surface area contributed by atoms with E-state index in [0.717, 1.165) is 5.56 Å². The molecule has 2 rings (SSSR count). The molecular weight excluding hydrogens is 252 g/mol. The normalized spacial score (nSPS) is 10.4. The molecule has 0 atom stereocenters. The van der Waals surface area contributed by atoms with Crippen LogP contribution in [0.3, 0.4) is 0 Å². The second-order valence-corrected chi connectivity index (χ2v) is 4.19. The summed E-state index contributed by atoms with van der Waals surface area (Å²) < 4.78 is 6.81. The fourth-order valence-electron chi connectivity index (χ4n) is 1.63. The average Bonchev–Trinajstić information content (AvgIpc) is 2.35. The average molecular weight is 265 g/mol. The van der Waals surface area contributed by atoms with Gasteiger partial charge >= 0.3 is 0 Å². The minimum absolute atomic E-state index is 0.154. The number of aromatic nitrogens is 2. The Morgan fingerprint density at radius 2 is 2.11 bits per heavy atom. The lowest BCUT2D eigenvalue weighted by Crippen LogP contribution is -2.18. The largest absolute Gasteiger partial charge is 0.493 e. The minimum atomic E-state index is -0.154. The highest BCUT2D eigenvalue weighted by molar-refractivity contribution is 6.30. The van der Waals surface area contributed by atoms with Crippen LogP contribution < -0.4 is 10.3 Å². The molecule has 94 valence electrons. The highest BCUT2D eigenvalue weighted by Crippen LogP contribution is 2.30. The number of halogens is 1. The van der Waals surface area contributed by atoms with Gasteiger partial charge in [0.1, 0.15) is 5.75 Å². The van der Waals surface area contributed by atoms with Gasteiger partial charge in [-0.25, -0.2) is 4.68 Å². The molecule has 0 saturated heterocycles. The van der Waals surface area contributed by atoms with Gasteiger partial charge in [-0.1, -0.05) is 11.6 Å². The van der Waals surface area contributed by atoms with E-state index in [4.69, 9.17) is 16.3 Å². The maximum atomic E-state index is 11.3. The Labute approximate surface area is 110 Å². The second kappa shape index (κ2) is 5.23. The Morgan fingerprint density at radius 1 is 1.33 bits per heavy atom. The fourth-order valence-corrected chi connectivity index (χ4v) is 1.80. The molecule has 4 nitrogen and oxygen atoms in total. The van der Waals surface area contributed by atoms with Crippen LogP contribution in [-0.4, -0.2) is 16.4 Å². The summed E-state index contributed by atoms with van der Waals surface area (Å²) >= 11 is 5.99. The van der Waals surface area contributed by atoms with Gasteiger partial charge in [-0.05, 0) is 31.2 Å². The van der Waals surface area contributed by atoms with Gasteiger partial charge in [0.05, 0.1) is 12.3 Å². The quantitative estimate of drug-likeness (QED) is 0.856. The molecule has 1 aromatic heterocycles. The highest BCUT2D eigenvalue weighted by Gasteiger charge is 2.09. The molecule has 0 N–H and O–H groups in total. The third-order valence-electron chi connectivity index (χ3n) is 2.48. The molecule has 0 fully saturated rings. The van der Waals surface area contributed by atoms with Crippen LogP contribution in [0.2, 0.25) is 5.02 Å². The lowest BCUT2D eigenvalue weighted by atomic mass is 10.1. The first-order chi connectivity index (χ1) is 8.61. The van der Waals surface area contributed by atoms with Crippen molar-refractivity contribution in [3.05, 3.63) is 45.7 Å². The maximum Gasteiger partial charge on any atom is 0.266 e. The summed E-state index contributed by atoms with van der Waals surface area (Å²) in [6, 6.07) is 8.47. The third kappa shape index (κ3) is 2.54. The first-order valence-electron chi connectivity index (χ1n) is 5.59. The second-order valence-electron chi connectivity index (χ2n) is 3.75. The number of hydrogen-bond donors (Lipinski definition) is 0. The van der Waals surface area contributed by atoms with Crippen molar-refractivity contribution in [3.8, 4) is 17.0 Å². The molecule has 5 heteroatoms. The number of aryl methyl sites for hydroxylation is 1. The summed E-state index contributed by atoms with van der Waals surface area (Å²) in [5, 5.41) is 4.79. The minimum Gasteiger partial charge on any atom is -0.493 e. The lowest BCUT2D eigenvalue weighted by Gasteiger charge is -2.10. The summed E-state index contributed by atoms with van der Waals surface area (Å²) in [4.78, 5) is 11.3. The van der Waals surface area contributed by atoms with E-state index in [1.54, 1.807) is 31.3 Å². The summed E-state index contributed by atoms with van der Waals surface area (Å²) in [7, 11) is 1.61. The highest BCUT2D eigenvalue weighted by atomic mass is 35.5. The van der Waals surface area contributed by atoms with Crippen molar-refractivity contribution in [1.82, 2.24) is 9.78 Å². The van der Waals surface area contributed by atoms with Crippen molar-refractivity contribution in [2.24, 2.45) is 7.05 Å². The molecule has 0 aliphatic rings. The van der Waals surface area contributed by atoms with Crippen LogP contribution >= 0.6 is 11.6 Å². The Morgan fingerprint density at radius 3 is 2.78 bits per heavy atom. The van der Waals surface area contributed by atoms with Gasteiger partial charge in [0.2, 0.25) is 0 Å². The van der Waals surface area contributed by atoms with E-state index in [9.17, 15) is 4.79 Å². The van der Waals surface area contributed by atoms with Gasteiger partial charge in [0.25, 0.3) is 5.56 Å². The lowest BCUT2D eigenvalue weighted by molar-refractivity contribution is 0.341. The molecule has 18 heavy (non-hydrogen) atoms. The zero-order valence-electron chi connectivity index (χ0n) is 10.2.